The highest BCUT2D eigenvalue weighted by molar-refractivity contribution is 5.95. The van der Waals surface area contributed by atoms with E-state index < -0.39 is 6.10 Å². The molecule has 0 saturated heterocycles. The number of fused-ring (bicyclic) bond motifs is 1. The number of carbonyl (C=O) groups excluding carboxylic acids is 1. The summed E-state index contributed by atoms with van der Waals surface area (Å²) in [4.78, 5) is 16.4. The zero-order valence-corrected chi connectivity index (χ0v) is 12.7. The summed E-state index contributed by atoms with van der Waals surface area (Å²) in [6.45, 7) is 3.38. The van der Waals surface area contributed by atoms with Crippen LogP contribution >= 0.6 is 0 Å². The Balaban J connectivity index is 1.67. The molecule has 0 aliphatic rings. The van der Waals surface area contributed by atoms with E-state index in [1.807, 2.05) is 0 Å². The number of hydrogen-bond acceptors (Lipinski definition) is 4. The third-order valence-corrected chi connectivity index (χ3v) is 3.26. The Hall–Kier alpha value is -2.89. The highest BCUT2D eigenvalue weighted by Crippen LogP contribution is 2.20. The van der Waals surface area contributed by atoms with Crippen LogP contribution < -0.4 is 10.1 Å². The largest absolute Gasteiger partial charge is 0.481 e. The number of benzene rings is 2. The number of hydrogen-bond donors (Lipinski definition) is 1. The first kappa shape index (κ1) is 15.0. The molecule has 6 heteroatoms. The lowest BCUT2D eigenvalue weighted by Crippen LogP contribution is -2.30. The summed E-state index contributed by atoms with van der Waals surface area (Å²) in [6.07, 6.45) is -0.727. The Kier molecular flexibility index (Phi) is 3.97. The topological polar surface area (TPSA) is 64.4 Å². The van der Waals surface area contributed by atoms with Gasteiger partial charge in [-0.3, -0.25) is 4.79 Å². The molecule has 0 saturated carbocycles. The molecule has 3 rings (SSSR count). The number of nitrogens with one attached hydrogen (secondary N) is 1. The van der Waals surface area contributed by atoms with Gasteiger partial charge in [-0.05, 0) is 49.4 Å². The van der Waals surface area contributed by atoms with Crippen molar-refractivity contribution in [1.29, 1.82) is 0 Å². The first-order chi connectivity index (χ1) is 11.0. The van der Waals surface area contributed by atoms with Crippen molar-refractivity contribution < 1.29 is 18.3 Å². The monoisotopic (exact) mass is 314 g/mol. The molecule has 118 valence electrons. The van der Waals surface area contributed by atoms with Crippen LogP contribution in [0.25, 0.3) is 11.1 Å². The highest BCUT2D eigenvalue weighted by atomic mass is 19.1. The molecule has 5 nitrogen and oxygen atoms in total. The van der Waals surface area contributed by atoms with E-state index in [1.54, 1.807) is 32.0 Å². The smallest absolute Gasteiger partial charge is 0.265 e. The van der Waals surface area contributed by atoms with E-state index in [2.05, 4.69) is 10.3 Å². The summed E-state index contributed by atoms with van der Waals surface area (Å²) in [5.74, 6) is 0.327. The van der Waals surface area contributed by atoms with Gasteiger partial charge in [0.15, 0.2) is 17.6 Å². The fourth-order valence-electron chi connectivity index (χ4n) is 2.14. The van der Waals surface area contributed by atoms with E-state index in [1.165, 1.54) is 24.3 Å². The van der Waals surface area contributed by atoms with Crippen LogP contribution in [0.2, 0.25) is 0 Å². The highest BCUT2D eigenvalue weighted by Gasteiger charge is 2.15. The lowest BCUT2D eigenvalue weighted by molar-refractivity contribution is -0.122. The third kappa shape index (κ3) is 3.48. The zero-order chi connectivity index (χ0) is 16.4. The van der Waals surface area contributed by atoms with Gasteiger partial charge in [-0.1, -0.05) is 0 Å². The molecule has 0 bridgehead atoms. The Bertz CT molecular complexity index is 843. The van der Waals surface area contributed by atoms with Crippen LogP contribution in [0, 0.1) is 12.7 Å². The SMILES string of the molecule is Cc1nc2cc(NC(=O)[C@H](C)Oc3ccc(F)cc3)ccc2o1. The molecule has 0 aliphatic heterocycles. The molecular weight excluding hydrogens is 299 g/mol. The molecule has 1 amide bonds. The van der Waals surface area contributed by atoms with Gasteiger partial charge < -0.3 is 14.5 Å². The van der Waals surface area contributed by atoms with Crippen molar-refractivity contribution in [3.8, 4) is 5.75 Å². The van der Waals surface area contributed by atoms with Crippen molar-refractivity contribution in [3.05, 3.63) is 54.2 Å². The molecule has 1 heterocycles. The molecule has 0 aliphatic carbocycles. The second-order valence-corrected chi connectivity index (χ2v) is 5.12. The van der Waals surface area contributed by atoms with E-state index in [9.17, 15) is 9.18 Å². The number of carbonyl (C=O) groups is 1. The molecule has 3 aromatic rings. The summed E-state index contributed by atoms with van der Waals surface area (Å²) in [5, 5.41) is 2.76. The van der Waals surface area contributed by atoms with Gasteiger partial charge in [-0.25, -0.2) is 9.37 Å². The normalized spacial score (nSPS) is 12.1. The summed E-state index contributed by atoms with van der Waals surface area (Å²) >= 11 is 0. The van der Waals surface area contributed by atoms with Crippen LogP contribution in [0.5, 0.6) is 5.75 Å². The predicted molar refractivity (Wildman–Crippen MR) is 83.9 cm³/mol. The average molecular weight is 314 g/mol. The quantitative estimate of drug-likeness (QED) is 0.798. The maximum atomic E-state index is 12.9. The second kappa shape index (κ2) is 6.08. The minimum atomic E-state index is -0.727. The Morgan fingerprint density at radius 1 is 1.26 bits per heavy atom. The molecule has 0 unspecified atom stereocenters. The molecule has 1 atom stereocenters. The number of aryl methyl sites for hydroxylation is 1. The van der Waals surface area contributed by atoms with E-state index in [4.69, 9.17) is 9.15 Å². The first-order valence-electron chi connectivity index (χ1n) is 7.11. The van der Waals surface area contributed by atoms with Crippen molar-refractivity contribution in [2.75, 3.05) is 5.32 Å². The van der Waals surface area contributed by atoms with Crippen molar-refractivity contribution >= 4 is 22.7 Å². The number of ether oxygens (including phenoxy) is 1. The fraction of sp³-hybridized carbons (Fsp3) is 0.176. The summed E-state index contributed by atoms with van der Waals surface area (Å²) in [6, 6.07) is 10.7. The maximum absolute atomic E-state index is 12.9. The third-order valence-electron chi connectivity index (χ3n) is 3.26. The molecule has 1 aromatic heterocycles. The van der Waals surface area contributed by atoms with Gasteiger partial charge in [-0.2, -0.15) is 0 Å². The Morgan fingerprint density at radius 2 is 2.00 bits per heavy atom. The molecule has 2 aromatic carbocycles. The number of amides is 1. The van der Waals surface area contributed by atoms with Crippen molar-refractivity contribution in [2.24, 2.45) is 0 Å². The average Bonchev–Trinajstić information content (AvgIpc) is 2.88. The predicted octanol–water partition coefficient (Wildman–Crippen LogP) is 3.68. The van der Waals surface area contributed by atoms with Gasteiger partial charge in [0.2, 0.25) is 0 Å². The minimum Gasteiger partial charge on any atom is -0.481 e. The van der Waals surface area contributed by atoms with Crippen LogP contribution in [-0.4, -0.2) is 17.0 Å². The number of anilines is 1. The molecule has 1 N–H and O–H groups in total. The number of rotatable bonds is 4. The van der Waals surface area contributed by atoms with Gasteiger partial charge in [0.1, 0.15) is 17.1 Å². The maximum Gasteiger partial charge on any atom is 0.265 e. The molecule has 23 heavy (non-hydrogen) atoms. The van der Waals surface area contributed by atoms with Gasteiger partial charge in [0, 0.05) is 12.6 Å². The van der Waals surface area contributed by atoms with Crippen LogP contribution in [0.15, 0.2) is 46.9 Å². The van der Waals surface area contributed by atoms with Crippen LogP contribution in [-0.2, 0) is 4.79 Å². The summed E-state index contributed by atoms with van der Waals surface area (Å²) in [7, 11) is 0. The number of nitrogens with zero attached hydrogens (tertiary/aromatic N) is 1. The molecule has 0 radical (unpaired) electrons. The van der Waals surface area contributed by atoms with Gasteiger partial charge in [-0.15, -0.1) is 0 Å². The van der Waals surface area contributed by atoms with Gasteiger partial charge >= 0.3 is 0 Å². The summed E-state index contributed by atoms with van der Waals surface area (Å²) < 4.78 is 23.7. The van der Waals surface area contributed by atoms with Gasteiger partial charge in [0.05, 0.1) is 0 Å². The van der Waals surface area contributed by atoms with E-state index >= 15 is 0 Å². The lowest BCUT2D eigenvalue weighted by atomic mass is 10.2. The first-order valence-corrected chi connectivity index (χ1v) is 7.11. The molecule has 0 spiro atoms. The van der Waals surface area contributed by atoms with Crippen molar-refractivity contribution in [1.82, 2.24) is 4.98 Å². The van der Waals surface area contributed by atoms with Crippen molar-refractivity contribution in [3.63, 3.8) is 0 Å². The number of oxazole rings is 1. The number of aromatic nitrogens is 1. The fourth-order valence-corrected chi connectivity index (χ4v) is 2.14. The van der Waals surface area contributed by atoms with Crippen LogP contribution in [0.3, 0.4) is 0 Å². The van der Waals surface area contributed by atoms with Gasteiger partial charge in [0.25, 0.3) is 5.91 Å². The van der Waals surface area contributed by atoms with E-state index in [0.717, 1.165) is 0 Å². The van der Waals surface area contributed by atoms with E-state index in [0.29, 0.717) is 28.4 Å². The zero-order valence-electron chi connectivity index (χ0n) is 12.7. The Morgan fingerprint density at radius 3 is 2.74 bits per heavy atom. The van der Waals surface area contributed by atoms with Crippen LogP contribution in [0.4, 0.5) is 10.1 Å². The minimum absolute atomic E-state index is 0.311. The number of halogens is 1. The summed E-state index contributed by atoms with van der Waals surface area (Å²) in [5.41, 5.74) is 1.94. The standard InChI is InChI=1S/C17H15FN2O3/c1-10(22-14-6-3-12(18)4-7-14)17(21)20-13-5-8-16-15(9-13)19-11(2)23-16/h3-10H,1-2H3,(H,20,21)/t10-/m0/s1. The van der Waals surface area contributed by atoms with E-state index in [-0.39, 0.29) is 11.7 Å². The Labute approximate surface area is 132 Å². The molecule has 0 fully saturated rings. The van der Waals surface area contributed by atoms with Crippen LogP contribution in [0.1, 0.15) is 12.8 Å². The lowest BCUT2D eigenvalue weighted by Gasteiger charge is -2.14. The molecular formula is C17H15FN2O3. The second-order valence-electron chi connectivity index (χ2n) is 5.12. The van der Waals surface area contributed by atoms with Crippen molar-refractivity contribution in [2.45, 2.75) is 20.0 Å².